The molecule has 0 unspecified atom stereocenters. The van der Waals surface area contributed by atoms with Gasteiger partial charge in [-0.1, -0.05) is 52.6 Å². The van der Waals surface area contributed by atoms with Crippen molar-refractivity contribution in [1.29, 1.82) is 0 Å². The molecule has 2 heteroatoms. The van der Waals surface area contributed by atoms with Gasteiger partial charge >= 0.3 is 0 Å². The van der Waals surface area contributed by atoms with Gasteiger partial charge in [-0.2, -0.15) is 0 Å². The molecule has 0 aliphatic carbocycles. The smallest absolute Gasteiger partial charge is 0.0226 e. The van der Waals surface area contributed by atoms with Crippen LogP contribution in [0, 0.1) is 6.92 Å². The molecule has 1 aromatic rings. The average Bonchev–Trinajstić information content (AvgIpc) is 1.78. The minimum atomic E-state index is 0.198. The number of rotatable bonds is 0. The summed E-state index contributed by atoms with van der Waals surface area (Å²) < 4.78 is 2.32. The molecule has 0 aliphatic heterocycles. The largest absolute Gasteiger partial charge is 0.0560 e. The highest BCUT2D eigenvalue weighted by Gasteiger charge is 2.19. The summed E-state index contributed by atoms with van der Waals surface area (Å²) in [5.41, 5.74) is 2.91. The highest BCUT2D eigenvalue weighted by Crippen LogP contribution is 2.34. The fourth-order valence-corrected chi connectivity index (χ4v) is 3.69. The number of aryl methyl sites for hydroxylation is 1. The highest BCUT2D eigenvalue weighted by atomic mass is 79.9. The van der Waals surface area contributed by atoms with Gasteiger partial charge in [0.15, 0.2) is 0 Å². The summed E-state index contributed by atoms with van der Waals surface area (Å²) in [6, 6.07) is 4.26. The van der Waals surface area contributed by atoms with Crippen LogP contribution in [0.25, 0.3) is 0 Å². The summed E-state index contributed by atoms with van der Waals surface area (Å²) in [6.45, 7) is 8.84. The summed E-state index contributed by atoms with van der Waals surface area (Å²) in [7, 11) is 0. The van der Waals surface area contributed by atoms with Crippen LogP contribution in [0.15, 0.2) is 21.1 Å². The van der Waals surface area contributed by atoms with Crippen LogP contribution in [0.4, 0.5) is 0 Å². The molecule has 0 aromatic heterocycles. The minimum Gasteiger partial charge on any atom is -0.0560 e. The molecule has 0 atom stereocenters. The fraction of sp³-hybridized carbons (Fsp3) is 0.455. The minimum absolute atomic E-state index is 0.198. The van der Waals surface area contributed by atoms with Crippen molar-refractivity contribution >= 4 is 31.9 Å². The van der Waals surface area contributed by atoms with E-state index in [1.165, 1.54) is 15.6 Å². The summed E-state index contributed by atoms with van der Waals surface area (Å²) >= 11 is 7.09. The Hall–Kier alpha value is 0.180. The zero-order chi connectivity index (χ0) is 10.2. The van der Waals surface area contributed by atoms with E-state index in [1.54, 1.807) is 0 Å². The molecule has 0 saturated heterocycles. The van der Waals surface area contributed by atoms with Crippen molar-refractivity contribution in [3.8, 4) is 0 Å². The Morgan fingerprint density at radius 1 is 1.08 bits per heavy atom. The van der Waals surface area contributed by atoms with Crippen LogP contribution >= 0.6 is 31.9 Å². The van der Waals surface area contributed by atoms with Crippen molar-refractivity contribution in [1.82, 2.24) is 0 Å². The van der Waals surface area contributed by atoms with Gasteiger partial charge in [0.05, 0.1) is 0 Å². The van der Waals surface area contributed by atoms with E-state index in [0.29, 0.717) is 0 Å². The number of hydrogen-bond acceptors (Lipinski definition) is 0. The molecule has 0 bridgehead atoms. The Morgan fingerprint density at radius 2 is 1.62 bits per heavy atom. The lowest BCUT2D eigenvalue weighted by Gasteiger charge is -2.23. The van der Waals surface area contributed by atoms with E-state index in [1.807, 2.05) is 0 Å². The van der Waals surface area contributed by atoms with Crippen molar-refractivity contribution in [2.45, 2.75) is 33.1 Å². The second kappa shape index (κ2) is 3.74. The summed E-state index contributed by atoms with van der Waals surface area (Å²) in [5.74, 6) is 0. The summed E-state index contributed by atoms with van der Waals surface area (Å²) in [5, 5.41) is 0. The Bertz CT molecular complexity index is 298. The van der Waals surface area contributed by atoms with Crippen molar-refractivity contribution in [3.63, 3.8) is 0 Å². The topological polar surface area (TPSA) is 0 Å². The third-order valence-electron chi connectivity index (χ3n) is 2.00. The van der Waals surface area contributed by atoms with Crippen LogP contribution in [-0.2, 0) is 5.41 Å². The Balaban J connectivity index is 3.38. The lowest BCUT2D eigenvalue weighted by molar-refractivity contribution is 0.583. The van der Waals surface area contributed by atoms with Crippen molar-refractivity contribution < 1.29 is 0 Å². The van der Waals surface area contributed by atoms with E-state index in [9.17, 15) is 0 Å². The SMILES string of the molecule is Cc1cc(Br)cc(Br)c1C(C)(C)C. The van der Waals surface area contributed by atoms with E-state index in [2.05, 4.69) is 71.7 Å². The highest BCUT2D eigenvalue weighted by molar-refractivity contribution is 9.11. The van der Waals surface area contributed by atoms with Gasteiger partial charge in [-0.15, -0.1) is 0 Å². The molecule has 0 nitrogen and oxygen atoms in total. The zero-order valence-corrected chi connectivity index (χ0v) is 11.6. The number of halogens is 2. The second-order valence-electron chi connectivity index (χ2n) is 4.33. The third kappa shape index (κ3) is 2.57. The maximum absolute atomic E-state index is 3.60. The molecule has 0 heterocycles. The predicted octanol–water partition coefficient (Wildman–Crippen LogP) is 4.82. The molecule has 1 rings (SSSR count). The molecule has 0 aliphatic rings. The Kier molecular flexibility index (Phi) is 3.24. The first-order valence-corrected chi connectivity index (χ1v) is 5.87. The molecule has 0 amide bonds. The van der Waals surface area contributed by atoms with Crippen LogP contribution in [0.2, 0.25) is 0 Å². The van der Waals surface area contributed by atoms with Gasteiger partial charge in [-0.05, 0) is 35.6 Å². The van der Waals surface area contributed by atoms with Gasteiger partial charge in [-0.25, -0.2) is 0 Å². The zero-order valence-electron chi connectivity index (χ0n) is 8.41. The van der Waals surface area contributed by atoms with Gasteiger partial charge in [0, 0.05) is 8.95 Å². The Morgan fingerprint density at radius 3 is 2.00 bits per heavy atom. The molecular formula is C11H14Br2. The molecule has 0 spiro atoms. The first kappa shape index (κ1) is 11.3. The van der Waals surface area contributed by atoms with Gasteiger partial charge in [0.25, 0.3) is 0 Å². The van der Waals surface area contributed by atoms with Crippen LogP contribution in [0.5, 0.6) is 0 Å². The first-order valence-electron chi connectivity index (χ1n) is 4.28. The van der Waals surface area contributed by atoms with E-state index >= 15 is 0 Å². The standard InChI is InChI=1S/C11H14Br2/c1-7-5-8(12)6-9(13)10(7)11(2,3)4/h5-6H,1-4H3. The van der Waals surface area contributed by atoms with Crippen LogP contribution in [-0.4, -0.2) is 0 Å². The van der Waals surface area contributed by atoms with Crippen LogP contribution in [0.3, 0.4) is 0 Å². The van der Waals surface area contributed by atoms with E-state index in [4.69, 9.17) is 0 Å². The van der Waals surface area contributed by atoms with Gasteiger partial charge in [-0.3, -0.25) is 0 Å². The average molecular weight is 306 g/mol. The van der Waals surface area contributed by atoms with E-state index in [-0.39, 0.29) is 5.41 Å². The van der Waals surface area contributed by atoms with Crippen molar-refractivity contribution in [2.24, 2.45) is 0 Å². The maximum atomic E-state index is 3.60. The van der Waals surface area contributed by atoms with E-state index in [0.717, 1.165) is 4.47 Å². The van der Waals surface area contributed by atoms with Crippen molar-refractivity contribution in [2.75, 3.05) is 0 Å². The second-order valence-corrected chi connectivity index (χ2v) is 6.10. The Labute approximate surface area is 97.0 Å². The first-order chi connectivity index (χ1) is 5.82. The molecule has 13 heavy (non-hydrogen) atoms. The van der Waals surface area contributed by atoms with Gasteiger partial charge < -0.3 is 0 Å². The van der Waals surface area contributed by atoms with Crippen molar-refractivity contribution in [3.05, 3.63) is 32.2 Å². The summed E-state index contributed by atoms with van der Waals surface area (Å²) in [4.78, 5) is 0. The van der Waals surface area contributed by atoms with Crippen LogP contribution < -0.4 is 0 Å². The lowest BCUT2D eigenvalue weighted by atomic mass is 9.84. The third-order valence-corrected chi connectivity index (χ3v) is 3.09. The molecule has 0 saturated carbocycles. The van der Waals surface area contributed by atoms with Gasteiger partial charge in [0.1, 0.15) is 0 Å². The summed E-state index contributed by atoms with van der Waals surface area (Å²) in [6.07, 6.45) is 0. The normalized spacial score (nSPS) is 11.8. The maximum Gasteiger partial charge on any atom is 0.0226 e. The predicted molar refractivity (Wildman–Crippen MR) is 65.3 cm³/mol. The molecule has 0 radical (unpaired) electrons. The molecule has 1 aromatic carbocycles. The fourth-order valence-electron chi connectivity index (χ4n) is 1.65. The lowest BCUT2D eigenvalue weighted by Crippen LogP contribution is -2.13. The van der Waals surface area contributed by atoms with Gasteiger partial charge in [0.2, 0.25) is 0 Å². The number of benzene rings is 1. The number of hydrogen-bond donors (Lipinski definition) is 0. The van der Waals surface area contributed by atoms with E-state index < -0.39 is 0 Å². The molecular weight excluding hydrogens is 292 g/mol. The quantitative estimate of drug-likeness (QED) is 0.645. The van der Waals surface area contributed by atoms with Crippen LogP contribution in [0.1, 0.15) is 31.9 Å². The molecule has 72 valence electrons. The molecule has 0 N–H and O–H groups in total. The molecule has 0 fully saturated rings. The monoisotopic (exact) mass is 304 g/mol.